The normalized spacial score (nSPS) is 13.2. The minimum atomic E-state index is -0.669. The summed E-state index contributed by atoms with van der Waals surface area (Å²) >= 11 is 0. The van der Waals surface area contributed by atoms with Crippen LogP contribution in [0.5, 0.6) is 0 Å². The van der Waals surface area contributed by atoms with E-state index in [1.165, 1.54) is 0 Å². The van der Waals surface area contributed by atoms with Crippen molar-refractivity contribution >= 4 is 12.0 Å². The van der Waals surface area contributed by atoms with Crippen molar-refractivity contribution in [2.75, 3.05) is 20.6 Å². The summed E-state index contributed by atoms with van der Waals surface area (Å²) in [6, 6.07) is -0.669. The molecule has 2 amide bonds. The number of alkyl carbamates (subject to hydrolysis) is 1. The van der Waals surface area contributed by atoms with E-state index >= 15 is 0 Å². The number of carbonyl (C=O) groups is 2. The van der Waals surface area contributed by atoms with Crippen LogP contribution < -0.4 is 11.1 Å². The van der Waals surface area contributed by atoms with Crippen LogP contribution in [-0.4, -0.2) is 49.2 Å². The van der Waals surface area contributed by atoms with Crippen LogP contribution in [-0.2, 0) is 9.53 Å². The highest BCUT2D eigenvalue weighted by Gasteiger charge is 2.22. The number of rotatable bonds is 7. The summed E-state index contributed by atoms with van der Waals surface area (Å²) in [7, 11) is 3.98. The van der Waals surface area contributed by atoms with Gasteiger partial charge in [0.2, 0.25) is 5.91 Å². The van der Waals surface area contributed by atoms with Crippen molar-refractivity contribution in [3.8, 4) is 0 Å². The predicted molar refractivity (Wildman–Crippen MR) is 74.8 cm³/mol. The third-order valence-corrected chi connectivity index (χ3v) is 2.38. The maximum Gasteiger partial charge on any atom is 0.408 e. The standard InChI is InChI=1S/C13H27N3O3/c1-13(2,3)19-12(18)15-10(11(14)17)8-6-7-9-16(4)5/h10H,6-9H2,1-5H3,(H2,14,17)(H,15,18). The van der Waals surface area contributed by atoms with Crippen LogP contribution in [0.4, 0.5) is 4.79 Å². The maximum atomic E-state index is 11.6. The SMILES string of the molecule is CN(C)CCCCC(NC(=O)OC(C)(C)C)C(N)=O. The van der Waals surface area contributed by atoms with Crippen LogP contribution in [0.15, 0.2) is 0 Å². The second-order valence-corrected chi connectivity index (χ2v) is 5.90. The molecule has 1 atom stereocenters. The van der Waals surface area contributed by atoms with Crippen molar-refractivity contribution in [2.24, 2.45) is 5.73 Å². The fourth-order valence-electron chi connectivity index (χ4n) is 1.51. The monoisotopic (exact) mass is 273 g/mol. The van der Waals surface area contributed by atoms with Gasteiger partial charge in [0, 0.05) is 0 Å². The summed E-state index contributed by atoms with van der Waals surface area (Å²) in [6.45, 7) is 6.24. The maximum absolute atomic E-state index is 11.6. The van der Waals surface area contributed by atoms with E-state index in [-0.39, 0.29) is 0 Å². The van der Waals surface area contributed by atoms with Gasteiger partial charge < -0.3 is 20.7 Å². The predicted octanol–water partition coefficient (Wildman–Crippen LogP) is 1.10. The second kappa shape index (κ2) is 7.99. The number of amides is 2. The molecule has 0 saturated carbocycles. The molecule has 0 spiro atoms. The van der Waals surface area contributed by atoms with E-state index < -0.39 is 23.6 Å². The van der Waals surface area contributed by atoms with Crippen LogP contribution in [0, 0.1) is 0 Å². The van der Waals surface area contributed by atoms with Crippen LogP contribution in [0.3, 0.4) is 0 Å². The molecule has 0 radical (unpaired) electrons. The highest BCUT2D eigenvalue weighted by Crippen LogP contribution is 2.08. The molecule has 112 valence electrons. The molecule has 0 aliphatic heterocycles. The molecular formula is C13H27N3O3. The number of hydrogen-bond donors (Lipinski definition) is 2. The Labute approximate surface area is 115 Å². The summed E-state index contributed by atoms with van der Waals surface area (Å²) in [4.78, 5) is 24.9. The van der Waals surface area contributed by atoms with E-state index in [0.717, 1.165) is 19.4 Å². The van der Waals surface area contributed by atoms with Gasteiger partial charge in [-0.05, 0) is 60.7 Å². The lowest BCUT2D eigenvalue weighted by Gasteiger charge is -2.22. The van der Waals surface area contributed by atoms with E-state index in [1.807, 2.05) is 14.1 Å². The Kier molecular flexibility index (Phi) is 7.44. The Bertz CT molecular complexity index is 298. The highest BCUT2D eigenvalue weighted by atomic mass is 16.6. The molecular weight excluding hydrogens is 246 g/mol. The van der Waals surface area contributed by atoms with Crippen LogP contribution in [0.2, 0.25) is 0 Å². The molecule has 19 heavy (non-hydrogen) atoms. The Morgan fingerprint density at radius 2 is 1.84 bits per heavy atom. The number of ether oxygens (including phenoxy) is 1. The van der Waals surface area contributed by atoms with Crippen LogP contribution >= 0.6 is 0 Å². The molecule has 6 nitrogen and oxygen atoms in total. The van der Waals surface area contributed by atoms with Crippen molar-refractivity contribution in [3.05, 3.63) is 0 Å². The Hall–Kier alpha value is -1.30. The fourth-order valence-corrected chi connectivity index (χ4v) is 1.51. The smallest absolute Gasteiger partial charge is 0.408 e. The summed E-state index contributed by atoms with van der Waals surface area (Å²) in [5, 5.41) is 2.51. The molecule has 6 heteroatoms. The first-order valence-corrected chi connectivity index (χ1v) is 6.55. The number of unbranched alkanes of at least 4 members (excludes halogenated alkanes) is 1. The highest BCUT2D eigenvalue weighted by molar-refractivity contribution is 5.84. The Morgan fingerprint density at radius 3 is 2.26 bits per heavy atom. The zero-order valence-electron chi connectivity index (χ0n) is 12.7. The summed E-state index contributed by atoms with van der Waals surface area (Å²) in [5.74, 6) is -0.532. The molecule has 0 fully saturated rings. The van der Waals surface area contributed by atoms with Gasteiger partial charge in [-0.15, -0.1) is 0 Å². The van der Waals surface area contributed by atoms with E-state index in [0.29, 0.717) is 6.42 Å². The summed E-state index contributed by atoms with van der Waals surface area (Å²) in [6.07, 6.45) is 1.69. The summed E-state index contributed by atoms with van der Waals surface area (Å²) in [5.41, 5.74) is 4.69. The quantitative estimate of drug-likeness (QED) is 0.680. The average molecular weight is 273 g/mol. The molecule has 1 unspecified atom stereocenters. The third kappa shape index (κ3) is 10.3. The van der Waals surface area contributed by atoms with Gasteiger partial charge in [-0.3, -0.25) is 4.79 Å². The van der Waals surface area contributed by atoms with E-state index in [4.69, 9.17) is 10.5 Å². The minimum Gasteiger partial charge on any atom is -0.444 e. The lowest BCUT2D eigenvalue weighted by Crippen LogP contribution is -2.46. The van der Waals surface area contributed by atoms with E-state index in [1.54, 1.807) is 20.8 Å². The van der Waals surface area contributed by atoms with Crippen LogP contribution in [0.25, 0.3) is 0 Å². The van der Waals surface area contributed by atoms with Crippen molar-refractivity contribution < 1.29 is 14.3 Å². The molecule has 0 aliphatic rings. The van der Waals surface area contributed by atoms with Crippen molar-refractivity contribution in [3.63, 3.8) is 0 Å². The first kappa shape index (κ1) is 17.7. The van der Waals surface area contributed by atoms with Gasteiger partial charge in [-0.2, -0.15) is 0 Å². The van der Waals surface area contributed by atoms with Crippen LogP contribution in [0.1, 0.15) is 40.0 Å². The van der Waals surface area contributed by atoms with E-state index in [2.05, 4.69) is 10.2 Å². The molecule has 0 aromatic carbocycles. The van der Waals surface area contributed by atoms with Crippen molar-refractivity contribution in [1.29, 1.82) is 0 Å². The molecule has 0 heterocycles. The van der Waals surface area contributed by atoms with E-state index in [9.17, 15) is 9.59 Å². The van der Waals surface area contributed by atoms with Gasteiger partial charge >= 0.3 is 6.09 Å². The Morgan fingerprint density at radius 1 is 1.26 bits per heavy atom. The molecule has 0 aliphatic carbocycles. The molecule has 3 N–H and O–H groups in total. The number of nitrogens with one attached hydrogen (secondary N) is 1. The lowest BCUT2D eigenvalue weighted by molar-refractivity contribution is -0.120. The van der Waals surface area contributed by atoms with Crippen molar-refractivity contribution in [1.82, 2.24) is 10.2 Å². The van der Waals surface area contributed by atoms with Gasteiger partial charge in [0.15, 0.2) is 0 Å². The minimum absolute atomic E-state index is 0.530. The van der Waals surface area contributed by atoms with Gasteiger partial charge in [0.1, 0.15) is 11.6 Å². The largest absolute Gasteiger partial charge is 0.444 e. The molecule has 0 aromatic rings. The number of nitrogens with two attached hydrogens (primary N) is 1. The topological polar surface area (TPSA) is 84.7 Å². The number of hydrogen-bond acceptors (Lipinski definition) is 4. The van der Waals surface area contributed by atoms with Crippen molar-refractivity contribution in [2.45, 2.75) is 51.7 Å². The number of carbonyl (C=O) groups excluding carboxylic acids is 2. The zero-order chi connectivity index (χ0) is 15.1. The first-order valence-electron chi connectivity index (χ1n) is 6.55. The molecule has 0 rings (SSSR count). The second-order valence-electron chi connectivity index (χ2n) is 5.90. The third-order valence-electron chi connectivity index (χ3n) is 2.38. The lowest BCUT2D eigenvalue weighted by atomic mass is 10.1. The average Bonchev–Trinajstić information content (AvgIpc) is 2.19. The fraction of sp³-hybridized carbons (Fsp3) is 0.846. The molecule has 0 bridgehead atoms. The van der Waals surface area contributed by atoms with Gasteiger partial charge in [0.05, 0.1) is 0 Å². The molecule has 0 saturated heterocycles. The molecule has 0 aromatic heterocycles. The zero-order valence-corrected chi connectivity index (χ0v) is 12.7. The van der Waals surface area contributed by atoms with Gasteiger partial charge in [-0.25, -0.2) is 4.79 Å². The van der Waals surface area contributed by atoms with Gasteiger partial charge in [0.25, 0.3) is 0 Å². The Balaban J connectivity index is 4.12. The summed E-state index contributed by atoms with van der Waals surface area (Å²) < 4.78 is 5.10. The number of nitrogens with zero attached hydrogens (tertiary/aromatic N) is 1. The van der Waals surface area contributed by atoms with Gasteiger partial charge in [-0.1, -0.05) is 0 Å². The first-order chi connectivity index (χ1) is 8.61. The number of primary amides is 1.